The molecule has 0 aromatic heterocycles. The molecule has 0 spiro atoms. The fraction of sp³-hybridized carbons (Fsp3) is 0.222. The highest BCUT2D eigenvalue weighted by molar-refractivity contribution is 5.45. The summed E-state index contributed by atoms with van der Waals surface area (Å²) in [5, 5.41) is 28.5. The molecule has 0 saturated heterocycles. The van der Waals surface area contributed by atoms with E-state index in [9.17, 15) is 15.3 Å². The fourth-order valence-corrected chi connectivity index (χ4v) is 2.76. The van der Waals surface area contributed by atoms with Gasteiger partial charge in [0.1, 0.15) is 18.0 Å². The Hall–Kier alpha value is -2.46. The quantitative estimate of drug-likeness (QED) is 0.580. The predicted molar refractivity (Wildman–Crippen MR) is 82.8 cm³/mol. The first-order chi connectivity index (χ1) is 10.5. The Labute approximate surface area is 128 Å². The second kappa shape index (κ2) is 5.39. The standard InChI is InChI=1S/C18H18O4/c1-10-11(2)18(13-5-8-15(20)16(21)9-13)22-17(10)12-3-6-14(19)7-4-12/h3-9,17-21H,1-2H3. The van der Waals surface area contributed by atoms with Gasteiger partial charge in [-0.15, -0.1) is 0 Å². The van der Waals surface area contributed by atoms with Gasteiger partial charge in [0.15, 0.2) is 11.5 Å². The first-order valence-electron chi connectivity index (χ1n) is 7.11. The maximum Gasteiger partial charge on any atom is 0.157 e. The highest BCUT2D eigenvalue weighted by Crippen LogP contribution is 2.46. The molecule has 114 valence electrons. The zero-order chi connectivity index (χ0) is 15.9. The van der Waals surface area contributed by atoms with Crippen LogP contribution in [0, 0.1) is 0 Å². The molecule has 0 amide bonds. The number of rotatable bonds is 2. The van der Waals surface area contributed by atoms with E-state index in [0.29, 0.717) is 0 Å². The number of phenols is 3. The summed E-state index contributed by atoms with van der Waals surface area (Å²) >= 11 is 0. The van der Waals surface area contributed by atoms with Gasteiger partial charge in [0, 0.05) is 0 Å². The molecule has 0 fully saturated rings. The van der Waals surface area contributed by atoms with Crippen LogP contribution in [0.1, 0.15) is 37.2 Å². The second-order valence-corrected chi connectivity index (χ2v) is 5.60. The van der Waals surface area contributed by atoms with E-state index < -0.39 is 0 Å². The molecule has 4 nitrogen and oxygen atoms in total. The molecule has 2 unspecified atom stereocenters. The third-order valence-electron chi connectivity index (χ3n) is 4.18. The molecule has 2 aromatic rings. The van der Waals surface area contributed by atoms with Gasteiger partial charge in [-0.25, -0.2) is 0 Å². The first kappa shape index (κ1) is 14.5. The van der Waals surface area contributed by atoms with E-state index in [1.165, 1.54) is 12.1 Å². The highest BCUT2D eigenvalue weighted by atomic mass is 16.5. The molecule has 22 heavy (non-hydrogen) atoms. The SMILES string of the molecule is CC1=C(C)C(c2ccc(O)c(O)c2)OC1c1ccc(O)cc1. The van der Waals surface area contributed by atoms with Crippen LogP contribution in [0.2, 0.25) is 0 Å². The minimum Gasteiger partial charge on any atom is -0.508 e. The zero-order valence-electron chi connectivity index (χ0n) is 12.4. The first-order valence-corrected chi connectivity index (χ1v) is 7.11. The summed E-state index contributed by atoms with van der Waals surface area (Å²) in [5.74, 6) is -0.0741. The number of hydrogen-bond acceptors (Lipinski definition) is 4. The molecule has 0 bridgehead atoms. The van der Waals surface area contributed by atoms with Crippen molar-refractivity contribution in [1.29, 1.82) is 0 Å². The molecule has 2 atom stereocenters. The molecule has 3 N–H and O–H groups in total. The van der Waals surface area contributed by atoms with E-state index in [-0.39, 0.29) is 29.5 Å². The third-order valence-corrected chi connectivity index (χ3v) is 4.18. The normalized spacial score (nSPS) is 21.4. The lowest BCUT2D eigenvalue weighted by Gasteiger charge is -2.17. The van der Waals surface area contributed by atoms with Crippen LogP contribution in [0.15, 0.2) is 53.6 Å². The van der Waals surface area contributed by atoms with Crippen molar-refractivity contribution in [2.45, 2.75) is 26.1 Å². The summed E-state index contributed by atoms with van der Waals surface area (Å²) in [6.07, 6.45) is -0.438. The topological polar surface area (TPSA) is 69.9 Å². The van der Waals surface area contributed by atoms with Gasteiger partial charge < -0.3 is 20.1 Å². The Kier molecular flexibility index (Phi) is 3.54. The van der Waals surface area contributed by atoms with Gasteiger partial charge >= 0.3 is 0 Å². The van der Waals surface area contributed by atoms with Crippen LogP contribution in [-0.2, 0) is 4.74 Å². The van der Waals surface area contributed by atoms with E-state index in [2.05, 4.69) is 0 Å². The van der Waals surface area contributed by atoms with Gasteiger partial charge in [-0.3, -0.25) is 0 Å². The zero-order valence-corrected chi connectivity index (χ0v) is 12.4. The maximum atomic E-state index is 9.68. The van der Waals surface area contributed by atoms with Crippen molar-refractivity contribution in [2.24, 2.45) is 0 Å². The Morgan fingerprint density at radius 3 is 1.86 bits per heavy atom. The summed E-state index contributed by atoms with van der Waals surface area (Å²) < 4.78 is 6.14. The number of hydrogen-bond donors (Lipinski definition) is 3. The minimum absolute atomic E-state index is 0.143. The Bertz CT molecular complexity index is 731. The molecular formula is C18H18O4. The van der Waals surface area contributed by atoms with Crippen LogP contribution < -0.4 is 0 Å². The van der Waals surface area contributed by atoms with E-state index >= 15 is 0 Å². The van der Waals surface area contributed by atoms with Crippen LogP contribution >= 0.6 is 0 Å². The van der Waals surface area contributed by atoms with Crippen molar-refractivity contribution < 1.29 is 20.1 Å². The molecule has 1 aliphatic heterocycles. The van der Waals surface area contributed by atoms with Gasteiger partial charge in [0.2, 0.25) is 0 Å². The second-order valence-electron chi connectivity index (χ2n) is 5.60. The van der Waals surface area contributed by atoms with Crippen LogP contribution in [0.4, 0.5) is 0 Å². The highest BCUT2D eigenvalue weighted by Gasteiger charge is 2.32. The van der Waals surface area contributed by atoms with Crippen LogP contribution in [-0.4, -0.2) is 15.3 Å². The number of aromatic hydroxyl groups is 3. The van der Waals surface area contributed by atoms with Crippen molar-refractivity contribution in [3.63, 3.8) is 0 Å². The number of ether oxygens (including phenoxy) is 1. The van der Waals surface area contributed by atoms with Crippen molar-refractivity contribution in [2.75, 3.05) is 0 Å². The van der Waals surface area contributed by atoms with Gasteiger partial charge in [0.05, 0.1) is 0 Å². The molecule has 1 aliphatic rings. The van der Waals surface area contributed by atoms with Crippen LogP contribution in [0.5, 0.6) is 17.2 Å². The van der Waals surface area contributed by atoms with Crippen molar-refractivity contribution in [1.82, 2.24) is 0 Å². The van der Waals surface area contributed by atoms with E-state index in [4.69, 9.17) is 4.74 Å². The minimum atomic E-state index is -0.259. The Morgan fingerprint density at radius 2 is 1.27 bits per heavy atom. The molecule has 0 saturated carbocycles. The van der Waals surface area contributed by atoms with Crippen LogP contribution in [0.3, 0.4) is 0 Å². The van der Waals surface area contributed by atoms with Crippen molar-refractivity contribution >= 4 is 0 Å². The number of benzene rings is 2. The van der Waals surface area contributed by atoms with Gasteiger partial charge in [0.25, 0.3) is 0 Å². The molecule has 4 heteroatoms. The van der Waals surface area contributed by atoms with E-state index in [1.54, 1.807) is 18.2 Å². The number of phenolic OH excluding ortho intramolecular Hbond substituents is 3. The fourth-order valence-electron chi connectivity index (χ4n) is 2.76. The smallest absolute Gasteiger partial charge is 0.157 e. The lowest BCUT2D eigenvalue weighted by molar-refractivity contribution is 0.0516. The van der Waals surface area contributed by atoms with Crippen molar-refractivity contribution in [3.05, 3.63) is 64.7 Å². The average Bonchev–Trinajstić information content (AvgIpc) is 2.79. The lowest BCUT2D eigenvalue weighted by Crippen LogP contribution is -2.03. The summed E-state index contributed by atoms with van der Waals surface area (Å²) in [6.45, 7) is 4.03. The molecule has 2 aromatic carbocycles. The monoisotopic (exact) mass is 298 g/mol. The van der Waals surface area contributed by atoms with Gasteiger partial charge in [-0.2, -0.15) is 0 Å². The van der Waals surface area contributed by atoms with E-state index in [0.717, 1.165) is 22.3 Å². The molecular weight excluding hydrogens is 280 g/mol. The summed E-state index contributed by atoms with van der Waals surface area (Å²) in [4.78, 5) is 0. The maximum absolute atomic E-state index is 9.68. The Morgan fingerprint density at radius 1 is 0.727 bits per heavy atom. The average molecular weight is 298 g/mol. The molecule has 0 radical (unpaired) electrons. The molecule has 3 rings (SSSR count). The predicted octanol–water partition coefficient (Wildman–Crippen LogP) is 3.95. The third kappa shape index (κ3) is 2.42. The summed E-state index contributed by atoms with van der Waals surface area (Å²) in [6, 6.07) is 11.7. The van der Waals surface area contributed by atoms with E-state index in [1.807, 2.05) is 26.0 Å². The molecule has 1 heterocycles. The lowest BCUT2D eigenvalue weighted by atomic mass is 9.97. The van der Waals surface area contributed by atoms with Gasteiger partial charge in [-0.1, -0.05) is 18.2 Å². The largest absolute Gasteiger partial charge is 0.508 e. The summed E-state index contributed by atoms with van der Waals surface area (Å²) in [7, 11) is 0. The summed E-state index contributed by atoms with van der Waals surface area (Å²) in [5.41, 5.74) is 3.97. The molecule has 0 aliphatic carbocycles. The van der Waals surface area contributed by atoms with Crippen LogP contribution in [0.25, 0.3) is 0 Å². The van der Waals surface area contributed by atoms with Crippen molar-refractivity contribution in [3.8, 4) is 17.2 Å². The Balaban J connectivity index is 1.93. The van der Waals surface area contributed by atoms with Gasteiger partial charge in [-0.05, 0) is 60.4 Å².